The van der Waals surface area contributed by atoms with E-state index in [1.54, 1.807) is 0 Å². The number of nitrogens with one attached hydrogen (secondary N) is 2. The number of rotatable bonds is 4. The number of urea groups is 1. The molecule has 0 aliphatic heterocycles. The van der Waals surface area contributed by atoms with Crippen LogP contribution in [0.4, 0.5) is 4.79 Å². The quantitative estimate of drug-likeness (QED) is 0.686. The van der Waals surface area contributed by atoms with E-state index in [0.717, 1.165) is 12.5 Å². The van der Waals surface area contributed by atoms with Crippen molar-refractivity contribution in [2.24, 2.45) is 11.8 Å². The second-order valence-electron chi connectivity index (χ2n) is 4.32. The highest BCUT2D eigenvalue weighted by Crippen LogP contribution is 2.35. The number of amides is 2. The van der Waals surface area contributed by atoms with Crippen LogP contribution in [0.1, 0.15) is 33.6 Å². The molecular weight excluding hydrogens is 164 g/mol. The third kappa shape index (κ3) is 4.15. The van der Waals surface area contributed by atoms with Crippen LogP contribution in [-0.2, 0) is 0 Å². The summed E-state index contributed by atoms with van der Waals surface area (Å²) in [6.07, 6.45) is 2.68. The minimum atomic E-state index is -0.0394. The molecule has 1 saturated carbocycles. The number of carbonyl (C=O) groups is 1. The van der Waals surface area contributed by atoms with Crippen LogP contribution < -0.4 is 10.6 Å². The zero-order chi connectivity index (χ0) is 9.84. The van der Waals surface area contributed by atoms with Gasteiger partial charge in [0, 0.05) is 12.6 Å². The Morgan fingerprint density at radius 3 is 2.46 bits per heavy atom. The topological polar surface area (TPSA) is 41.1 Å². The van der Waals surface area contributed by atoms with Crippen LogP contribution in [0.25, 0.3) is 0 Å². The predicted molar refractivity (Wildman–Crippen MR) is 53.6 cm³/mol. The Morgan fingerprint density at radius 1 is 1.38 bits per heavy atom. The van der Waals surface area contributed by atoms with Crippen molar-refractivity contribution in [1.29, 1.82) is 0 Å². The lowest BCUT2D eigenvalue weighted by Crippen LogP contribution is -2.41. The lowest BCUT2D eigenvalue weighted by molar-refractivity contribution is 0.236. The first kappa shape index (κ1) is 10.4. The highest BCUT2D eigenvalue weighted by Gasteiger charge is 2.27. The Kier molecular flexibility index (Phi) is 3.58. The molecule has 1 aliphatic carbocycles. The van der Waals surface area contributed by atoms with Gasteiger partial charge in [0.1, 0.15) is 0 Å². The van der Waals surface area contributed by atoms with Crippen molar-refractivity contribution in [3.63, 3.8) is 0 Å². The fourth-order valence-corrected chi connectivity index (χ4v) is 1.40. The smallest absolute Gasteiger partial charge is 0.314 e. The van der Waals surface area contributed by atoms with Crippen molar-refractivity contribution in [3.05, 3.63) is 0 Å². The van der Waals surface area contributed by atoms with Crippen molar-refractivity contribution >= 4 is 6.03 Å². The van der Waals surface area contributed by atoms with Gasteiger partial charge in [-0.25, -0.2) is 4.79 Å². The summed E-state index contributed by atoms with van der Waals surface area (Å²) in [5.41, 5.74) is 0. The van der Waals surface area contributed by atoms with E-state index in [1.807, 2.05) is 13.8 Å². The Morgan fingerprint density at radius 2 is 2.00 bits per heavy atom. The van der Waals surface area contributed by atoms with E-state index in [-0.39, 0.29) is 12.1 Å². The average molecular weight is 184 g/mol. The average Bonchev–Trinajstić information content (AvgIpc) is 2.80. The molecule has 0 aromatic rings. The molecule has 1 aliphatic rings. The molecule has 0 aromatic heterocycles. The van der Waals surface area contributed by atoms with Gasteiger partial charge >= 0.3 is 6.03 Å². The summed E-state index contributed by atoms with van der Waals surface area (Å²) in [6, 6.07) is 0.179. The summed E-state index contributed by atoms with van der Waals surface area (Å²) in [5.74, 6) is 1.50. The molecule has 2 amide bonds. The lowest BCUT2D eigenvalue weighted by atomic mass is 10.1. The Labute approximate surface area is 80.3 Å². The highest BCUT2D eigenvalue weighted by molar-refractivity contribution is 5.74. The molecule has 0 heterocycles. The lowest BCUT2D eigenvalue weighted by Gasteiger charge is -2.13. The molecule has 0 aromatic carbocycles. The summed E-state index contributed by atoms with van der Waals surface area (Å²) in [4.78, 5) is 11.2. The zero-order valence-corrected chi connectivity index (χ0v) is 8.76. The number of hydrogen-bond acceptors (Lipinski definition) is 1. The summed E-state index contributed by atoms with van der Waals surface area (Å²) in [6.45, 7) is 6.93. The minimum absolute atomic E-state index is 0.0394. The van der Waals surface area contributed by atoms with Gasteiger partial charge in [0.05, 0.1) is 0 Å². The van der Waals surface area contributed by atoms with Crippen molar-refractivity contribution in [1.82, 2.24) is 10.6 Å². The molecule has 13 heavy (non-hydrogen) atoms. The molecule has 1 fully saturated rings. The molecule has 1 atom stereocenters. The van der Waals surface area contributed by atoms with Crippen LogP contribution in [0.2, 0.25) is 0 Å². The van der Waals surface area contributed by atoms with Gasteiger partial charge in [0.2, 0.25) is 0 Å². The number of carbonyl (C=O) groups excluding carboxylic acids is 1. The van der Waals surface area contributed by atoms with Crippen molar-refractivity contribution in [2.75, 3.05) is 6.54 Å². The predicted octanol–water partition coefficient (Wildman–Crippen LogP) is 1.74. The Hall–Kier alpha value is -0.730. The second-order valence-corrected chi connectivity index (χ2v) is 4.32. The summed E-state index contributed by atoms with van der Waals surface area (Å²) < 4.78 is 0. The molecule has 3 heteroatoms. The molecule has 76 valence electrons. The largest absolute Gasteiger partial charge is 0.338 e. The van der Waals surface area contributed by atoms with Gasteiger partial charge in [0.25, 0.3) is 0 Å². The van der Waals surface area contributed by atoms with Gasteiger partial charge in [-0.05, 0) is 38.5 Å². The fourth-order valence-electron chi connectivity index (χ4n) is 1.40. The van der Waals surface area contributed by atoms with Crippen LogP contribution in [0.3, 0.4) is 0 Å². The van der Waals surface area contributed by atoms with Crippen LogP contribution >= 0.6 is 0 Å². The molecule has 0 saturated heterocycles. The Balaban J connectivity index is 2.06. The van der Waals surface area contributed by atoms with Gasteiger partial charge < -0.3 is 10.6 Å². The molecule has 0 bridgehead atoms. The minimum Gasteiger partial charge on any atom is -0.338 e. The molecule has 3 nitrogen and oxygen atoms in total. The van der Waals surface area contributed by atoms with Gasteiger partial charge in [0.15, 0.2) is 0 Å². The van der Waals surface area contributed by atoms with E-state index in [0.29, 0.717) is 5.92 Å². The van der Waals surface area contributed by atoms with Gasteiger partial charge in [-0.15, -0.1) is 0 Å². The molecule has 1 rings (SSSR count). The van der Waals surface area contributed by atoms with E-state index >= 15 is 0 Å². The highest BCUT2D eigenvalue weighted by atomic mass is 16.2. The van der Waals surface area contributed by atoms with Crippen molar-refractivity contribution < 1.29 is 4.79 Å². The normalized spacial score (nSPS) is 18.5. The van der Waals surface area contributed by atoms with E-state index in [4.69, 9.17) is 0 Å². The second kappa shape index (κ2) is 4.49. The fraction of sp³-hybridized carbons (Fsp3) is 0.900. The molecular formula is C10H20N2O. The third-order valence-electron chi connectivity index (χ3n) is 2.43. The summed E-state index contributed by atoms with van der Waals surface area (Å²) in [5, 5.41) is 5.69. The van der Waals surface area contributed by atoms with Crippen LogP contribution in [-0.4, -0.2) is 18.6 Å². The maximum Gasteiger partial charge on any atom is 0.314 e. The first-order chi connectivity index (χ1) is 6.09. The van der Waals surface area contributed by atoms with E-state index < -0.39 is 0 Å². The van der Waals surface area contributed by atoms with Gasteiger partial charge in [-0.3, -0.25) is 0 Å². The maximum atomic E-state index is 11.2. The first-order valence-electron chi connectivity index (χ1n) is 5.14. The monoisotopic (exact) mass is 184 g/mol. The molecule has 0 radical (unpaired) electrons. The van der Waals surface area contributed by atoms with Gasteiger partial charge in [-0.1, -0.05) is 6.92 Å². The zero-order valence-electron chi connectivity index (χ0n) is 8.76. The standard InChI is InChI=1S/C10H20N2O/c1-7(2)12-10(13)11-6-8(3)9-4-5-9/h7-9H,4-6H2,1-3H3,(H2,11,12,13). The summed E-state index contributed by atoms with van der Waals surface area (Å²) in [7, 11) is 0. The van der Waals surface area contributed by atoms with E-state index in [1.165, 1.54) is 12.8 Å². The van der Waals surface area contributed by atoms with Crippen LogP contribution in [0, 0.1) is 11.8 Å². The summed E-state index contributed by atoms with van der Waals surface area (Å²) >= 11 is 0. The SMILES string of the molecule is CC(C)NC(=O)NCC(C)C1CC1. The van der Waals surface area contributed by atoms with Crippen LogP contribution in [0.15, 0.2) is 0 Å². The van der Waals surface area contributed by atoms with Crippen molar-refractivity contribution in [2.45, 2.75) is 39.7 Å². The van der Waals surface area contributed by atoms with Crippen LogP contribution in [0.5, 0.6) is 0 Å². The third-order valence-corrected chi connectivity index (χ3v) is 2.43. The molecule has 0 spiro atoms. The maximum absolute atomic E-state index is 11.2. The van der Waals surface area contributed by atoms with Gasteiger partial charge in [-0.2, -0.15) is 0 Å². The molecule has 1 unspecified atom stereocenters. The van der Waals surface area contributed by atoms with E-state index in [2.05, 4.69) is 17.6 Å². The van der Waals surface area contributed by atoms with E-state index in [9.17, 15) is 4.79 Å². The number of hydrogen-bond donors (Lipinski definition) is 2. The molecule has 2 N–H and O–H groups in total. The van der Waals surface area contributed by atoms with Crippen molar-refractivity contribution in [3.8, 4) is 0 Å². The Bertz CT molecular complexity index is 176. The first-order valence-corrected chi connectivity index (χ1v) is 5.14.